The summed E-state index contributed by atoms with van der Waals surface area (Å²) in [5.74, 6) is 2.78. The first-order chi connectivity index (χ1) is 6.66. The predicted molar refractivity (Wildman–Crippen MR) is 60.3 cm³/mol. The molecular weight excluding hydrogens is 172 g/mol. The summed E-state index contributed by atoms with van der Waals surface area (Å²) in [6.07, 6.45) is 6.05. The van der Waals surface area contributed by atoms with Crippen LogP contribution in [0.25, 0.3) is 0 Å². The molecule has 2 nitrogen and oxygen atoms in total. The van der Waals surface area contributed by atoms with Crippen LogP contribution in [0.15, 0.2) is 5.10 Å². The molecule has 1 saturated carbocycles. The van der Waals surface area contributed by atoms with E-state index in [-0.39, 0.29) is 0 Å². The van der Waals surface area contributed by atoms with Crippen LogP contribution in [0.4, 0.5) is 0 Å². The summed E-state index contributed by atoms with van der Waals surface area (Å²) in [5, 5.41) is 6.70. The maximum Gasteiger partial charge on any atom is 0.0492 e. The molecule has 0 aromatic rings. The molecule has 14 heavy (non-hydrogen) atoms. The quantitative estimate of drug-likeness (QED) is 0.674. The summed E-state index contributed by atoms with van der Waals surface area (Å²) in [4.78, 5) is 0. The van der Waals surface area contributed by atoms with Gasteiger partial charge in [0.1, 0.15) is 0 Å². The highest BCUT2D eigenvalue weighted by molar-refractivity contribution is 5.59. The fourth-order valence-corrected chi connectivity index (χ4v) is 2.51. The third-order valence-corrected chi connectivity index (χ3v) is 3.85. The number of hydrazone groups is 1. The Balaban J connectivity index is 1.71. The topological polar surface area (TPSA) is 15.6 Å². The molecular formula is C12H22N2. The van der Waals surface area contributed by atoms with E-state index >= 15 is 0 Å². The standard InChI is InChI=1S/C12H22N2/c1-9(2)12-6-11(7-12)8-14-10(3)4-5-13-14/h5,9-12H,4,6-8H2,1-3H3. The number of hydrogen-bond acceptors (Lipinski definition) is 2. The Labute approximate surface area is 87.4 Å². The molecule has 1 aliphatic carbocycles. The molecule has 1 aliphatic heterocycles. The molecule has 2 heteroatoms. The molecule has 0 amide bonds. The summed E-state index contributed by atoms with van der Waals surface area (Å²) < 4.78 is 0. The van der Waals surface area contributed by atoms with Crippen LogP contribution in [0.3, 0.4) is 0 Å². The van der Waals surface area contributed by atoms with E-state index in [0.717, 1.165) is 24.2 Å². The van der Waals surface area contributed by atoms with E-state index < -0.39 is 0 Å². The van der Waals surface area contributed by atoms with Crippen LogP contribution < -0.4 is 0 Å². The van der Waals surface area contributed by atoms with Gasteiger partial charge in [-0.05, 0) is 37.5 Å². The number of rotatable bonds is 3. The fraction of sp³-hybridized carbons (Fsp3) is 0.917. The van der Waals surface area contributed by atoms with Crippen molar-refractivity contribution < 1.29 is 0 Å². The lowest BCUT2D eigenvalue weighted by Gasteiger charge is -2.40. The van der Waals surface area contributed by atoms with E-state index in [4.69, 9.17) is 0 Å². The second-order valence-corrected chi connectivity index (χ2v) is 5.35. The normalized spacial score (nSPS) is 36.6. The van der Waals surface area contributed by atoms with Crippen LogP contribution in [0, 0.1) is 17.8 Å². The van der Waals surface area contributed by atoms with Gasteiger partial charge in [0.25, 0.3) is 0 Å². The van der Waals surface area contributed by atoms with Crippen molar-refractivity contribution in [2.75, 3.05) is 6.54 Å². The van der Waals surface area contributed by atoms with Gasteiger partial charge in [-0.15, -0.1) is 0 Å². The predicted octanol–water partition coefficient (Wildman–Crippen LogP) is 2.75. The smallest absolute Gasteiger partial charge is 0.0492 e. The largest absolute Gasteiger partial charge is 0.294 e. The minimum Gasteiger partial charge on any atom is -0.294 e. The molecule has 0 aromatic heterocycles. The van der Waals surface area contributed by atoms with E-state index in [0.29, 0.717) is 6.04 Å². The zero-order valence-corrected chi connectivity index (χ0v) is 9.61. The van der Waals surface area contributed by atoms with Gasteiger partial charge in [-0.2, -0.15) is 5.10 Å². The third kappa shape index (κ3) is 1.94. The molecule has 1 fully saturated rings. The molecule has 0 N–H and O–H groups in total. The summed E-state index contributed by atoms with van der Waals surface area (Å²) >= 11 is 0. The molecule has 2 rings (SSSR count). The lowest BCUT2D eigenvalue weighted by molar-refractivity contribution is 0.0869. The Bertz CT molecular complexity index is 216. The number of nitrogens with zero attached hydrogens (tertiary/aromatic N) is 2. The van der Waals surface area contributed by atoms with Gasteiger partial charge in [-0.3, -0.25) is 5.01 Å². The van der Waals surface area contributed by atoms with Gasteiger partial charge in [0.05, 0.1) is 0 Å². The van der Waals surface area contributed by atoms with Gasteiger partial charge in [0.15, 0.2) is 0 Å². The Hall–Kier alpha value is -0.530. The SMILES string of the molecule is CC(C)C1CC(CN2N=CCC2C)C1. The van der Waals surface area contributed by atoms with Crippen LogP contribution in [0.1, 0.15) is 40.0 Å². The average molecular weight is 194 g/mol. The lowest BCUT2D eigenvalue weighted by Crippen LogP contribution is -2.37. The molecule has 80 valence electrons. The Morgan fingerprint density at radius 2 is 2.14 bits per heavy atom. The van der Waals surface area contributed by atoms with Gasteiger partial charge in [0, 0.05) is 25.2 Å². The van der Waals surface area contributed by atoms with Crippen LogP contribution in [-0.2, 0) is 0 Å². The molecule has 2 aliphatic rings. The third-order valence-electron chi connectivity index (χ3n) is 3.85. The average Bonchev–Trinajstić information content (AvgIpc) is 2.42. The van der Waals surface area contributed by atoms with Gasteiger partial charge < -0.3 is 0 Å². The van der Waals surface area contributed by atoms with Gasteiger partial charge in [0.2, 0.25) is 0 Å². The minimum absolute atomic E-state index is 0.646. The molecule has 0 saturated heterocycles. The van der Waals surface area contributed by atoms with Gasteiger partial charge in [-0.25, -0.2) is 0 Å². The molecule has 0 radical (unpaired) electrons. The first-order valence-corrected chi connectivity index (χ1v) is 5.96. The van der Waals surface area contributed by atoms with Crippen molar-refractivity contribution in [1.82, 2.24) is 5.01 Å². The van der Waals surface area contributed by atoms with Crippen LogP contribution >= 0.6 is 0 Å². The summed E-state index contributed by atoms with van der Waals surface area (Å²) in [6, 6.07) is 0.646. The maximum atomic E-state index is 4.42. The molecule has 0 spiro atoms. The fourth-order valence-electron chi connectivity index (χ4n) is 2.51. The van der Waals surface area contributed by atoms with Crippen LogP contribution in [-0.4, -0.2) is 23.8 Å². The zero-order chi connectivity index (χ0) is 10.1. The van der Waals surface area contributed by atoms with E-state index in [9.17, 15) is 0 Å². The lowest BCUT2D eigenvalue weighted by atomic mass is 9.69. The van der Waals surface area contributed by atoms with E-state index in [1.165, 1.54) is 19.4 Å². The molecule has 1 heterocycles. The number of hydrogen-bond donors (Lipinski definition) is 0. The van der Waals surface area contributed by atoms with E-state index in [2.05, 4.69) is 37.1 Å². The molecule has 1 atom stereocenters. The maximum absolute atomic E-state index is 4.42. The van der Waals surface area contributed by atoms with Crippen molar-refractivity contribution in [1.29, 1.82) is 0 Å². The molecule has 1 unspecified atom stereocenters. The highest BCUT2D eigenvalue weighted by Gasteiger charge is 2.33. The van der Waals surface area contributed by atoms with Crippen molar-refractivity contribution >= 4 is 6.21 Å². The second-order valence-electron chi connectivity index (χ2n) is 5.35. The van der Waals surface area contributed by atoms with Crippen molar-refractivity contribution in [2.24, 2.45) is 22.9 Å². The molecule has 0 bridgehead atoms. The van der Waals surface area contributed by atoms with Crippen molar-refractivity contribution in [2.45, 2.75) is 46.1 Å². The van der Waals surface area contributed by atoms with Crippen molar-refractivity contribution in [3.05, 3.63) is 0 Å². The second kappa shape index (κ2) is 3.92. The highest BCUT2D eigenvalue weighted by Crippen LogP contribution is 2.39. The van der Waals surface area contributed by atoms with Gasteiger partial charge >= 0.3 is 0 Å². The Morgan fingerprint density at radius 1 is 1.43 bits per heavy atom. The first kappa shape index (κ1) is 10.0. The Kier molecular flexibility index (Phi) is 2.80. The summed E-state index contributed by atoms with van der Waals surface area (Å²) in [7, 11) is 0. The Morgan fingerprint density at radius 3 is 2.64 bits per heavy atom. The molecule has 0 aromatic carbocycles. The van der Waals surface area contributed by atoms with Gasteiger partial charge in [-0.1, -0.05) is 13.8 Å². The highest BCUT2D eigenvalue weighted by atomic mass is 15.5. The van der Waals surface area contributed by atoms with Crippen LogP contribution in [0.5, 0.6) is 0 Å². The monoisotopic (exact) mass is 194 g/mol. The first-order valence-electron chi connectivity index (χ1n) is 5.96. The summed E-state index contributed by atoms with van der Waals surface area (Å²) in [6.45, 7) is 8.15. The minimum atomic E-state index is 0.646. The van der Waals surface area contributed by atoms with E-state index in [1.807, 2.05) is 0 Å². The van der Waals surface area contributed by atoms with Crippen molar-refractivity contribution in [3.63, 3.8) is 0 Å². The van der Waals surface area contributed by atoms with E-state index in [1.54, 1.807) is 0 Å². The zero-order valence-electron chi connectivity index (χ0n) is 9.61. The van der Waals surface area contributed by atoms with Crippen LogP contribution in [0.2, 0.25) is 0 Å². The summed E-state index contributed by atoms with van der Waals surface area (Å²) in [5.41, 5.74) is 0. The van der Waals surface area contributed by atoms with Crippen molar-refractivity contribution in [3.8, 4) is 0 Å².